The van der Waals surface area contributed by atoms with Crippen LogP contribution in [0.15, 0.2) is 12.2 Å². The normalized spacial score (nSPS) is 27.4. The zero-order valence-corrected chi connectivity index (χ0v) is 7.57. The molecule has 12 heavy (non-hydrogen) atoms. The lowest BCUT2D eigenvalue weighted by molar-refractivity contribution is -0.379. The Morgan fingerprint density at radius 3 is 2.50 bits per heavy atom. The molecule has 4 heteroatoms. The highest BCUT2D eigenvalue weighted by Gasteiger charge is 2.34. The van der Waals surface area contributed by atoms with Crippen LogP contribution in [0.1, 0.15) is 6.42 Å². The Bertz CT molecular complexity index is 162. The number of methoxy groups -OCH3 is 3. The predicted octanol–water partition coefficient (Wildman–Crippen LogP) is 0.882. The van der Waals surface area contributed by atoms with Gasteiger partial charge in [-0.3, -0.25) is 4.74 Å². The van der Waals surface area contributed by atoms with Crippen LogP contribution < -0.4 is 0 Å². The fourth-order valence-corrected chi connectivity index (χ4v) is 1.05. The minimum absolute atomic E-state index is 0.296. The molecule has 70 valence electrons. The maximum atomic E-state index is 5.37. The van der Waals surface area contributed by atoms with Gasteiger partial charge in [0.05, 0.1) is 0 Å². The van der Waals surface area contributed by atoms with E-state index in [-0.39, 0.29) is 6.29 Å². The summed E-state index contributed by atoms with van der Waals surface area (Å²) in [6, 6.07) is 0. The zero-order chi connectivity index (χ0) is 9.03. The van der Waals surface area contributed by atoms with Crippen molar-refractivity contribution in [1.82, 2.24) is 0 Å². The molecule has 0 fully saturated rings. The van der Waals surface area contributed by atoms with E-state index in [0.29, 0.717) is 6.42 Å². The van der Waals surface area contributed by atoms with E-state index in [1.54, 1.807) is 13.2 Å². The van der Waals surface area contributed by atoms with Gasteiger partial charge in [-0.1, -0.05) is 6.08 Å². The van der Waals surface area contributed by atoms with Gasteiger partial charge in [0.25, 0.3) is 0 Å². The molecule has 0 amide bonds. The van der Waals surface area contributed by atoms with Gasteiger partial charge in [0, 0.05) is 33.8 Å². The van der Waals surface area contributed by atoms with Gasteiger partial charge < -0.3 is 14.2 Å². The van der Waals surface area contributed by atoms with E-state index < -0.39 is 5.97 Å². The molecular weight excluding hydrogens is 160 g/mol. The molecule has 0 aromatic rings. The molecule has 1 heterocycles. The van der Waals surface area contributed by atoms with Crippen LogP contribution >= 0.6 is 0 Å². The summed E-state index contributed by atoms with van der Waals surface area (Å²) in [5.41, 5.74) is 0. The van der Waals surface area contributed by atoms with Crippen LogP contribution in [-0.2, 0) is 18.9 Å². The standard InChI is InChI=1S/C8H14O4/c1-9-7-5-4-6-8(10-2,11-3)12-7/h4,6-7H,5H2,1-3H3. The van der Waals surface area contributed by atoms with E-state index in [0.717, 1.165) is 0 Å². The highest BCUT2D eigenvalue weighted by atomic mass is 16.9. The average molecular weight is 174 g/mol. The fraction of sp³-hybridized carbons (Fsp3) is 0.750. The van der Waals surface area contributed by atoms with Gasteiger partial charge in [-0.25, -0.2) is 0 Å². The van der Waals surface area contributed by atoms with E-state index in [4.69, 9.17) is 18.9 Å². The van der Waals surface area contributed by atoms with Crippen LogP contribution in [0.4, 0.5) is 0 Å². The van der Waals surface area contributed by atoms with Gasteiger partial charge >= 0.3 is 5.97 Å². The SMILES string of the molecule is COC1CC=CC(OC)(OC)O1. The second-order valence-electron chi connectivity index (χ2n) is 2.43. The molecule has 4 nitrogen and oxygen atoms in total. The minimum atomic E-state index is -1.07. The number of hydrogen-bond acceptors (Lipinski definition) is 4. The summed E-state index contributed by atoms with van der Waals surface area (Å²) < 4.78 is 20.5. The molecule has 0 radical (unpaired) electrons. The summed E-state index contributed by atoms with van der Waals surface area (Å²) in [6.07, 6.45) is 4.05. The van der Waals surface area contributed by atoms with Crippen molar-refractivity contribution < 1.29 is 18.9 Å². The Balaban J connectivity index is 2.65. The molecule has 1 rings (SSSR count). The molecule has 0 saturated heterocycles. The summed E-state index contributed by atoms with van der Waals surface area (Å²) in [5, 5.41) is 0. The van der Waals surface area contributed by atoms with Crippen molar-refractivity contribution in [2.24, 2.45) is 0 Å². The lowest BCUT2D eigenvalue weighted by atomic mass is 10.3. The van der Waals surface area contributed by atoms with Crippen molar-refractivity contribution in [3.8, 4) is 0 Å². The summed E-state index contributed by atoms with van der Waals surface area (Å²) >= 11 is 0. The molecule has 0 saturated carbocycles. The van der Waals surface area contributed by atoms with E-state index in [2.05, 4.69) is 0 Å². The maximum Gasteiger partial charge on any atom is 0.306 e. The van der Waals surface area contributed by atoms with Gasteiger partial charge in [-0.15, -0.1) is 0 Å². The molecule has 0 N–H and O–H groups in total. The van der Waals surface area contributed by atoms with Crippen molar-refractivity contribution >= 4 is 0 Å². The Morgan fingerprint density at radius 1 is 1.33 bits per heavy atom. The van der Waals surface area contributed by atoms with Crippen molar-refractivity contribution in [2.75, 3.05) is 21.3 Å². The molecular formula is C8H14O4. The van der Waals surface area contributed by atoms with Crippen LogP contribution in [0.2, 0.25) is 0 Å². The third-order valence-corrected chi connectivity index (χ3v) is 1.78. The fourth-order valence-electron chi connectivity index (χ4n) is 1.05. The Kier molecular flexibility index (Phi) is 3.22. The van der Waals surface area contributed by atoms with Crippen molar-refractivity contribution in [3.63, 3.8) is 0 Å². The van der Waals surface area contributed by atoms with Crippen molar-refractivity contribution in [3.05, 3.63) is 12.2 Å². The first-order valence-electron chi connectivity index (χ1n) is 3.75. The molecule has 0 bridgehead atoms. The Hall–Kier alpha value is -0.420. The maximum absolute atomic E-state index is 5.37. The zero-order valence-electron chi connectivity index (χ0n) is 7.57. The Labute approximate surface area is 72.1 Å². The second-order valence-corrected chi connectivity index (χ2v) is 2.43. The van der Waals surface area contributed by atoms with Gasteiger partial charge in [0.1, 0.15) is 0 Å². The van der Waals surface area contributed by atoms with E-state index in [1.165, 1.54) is 14.2 Å². The monoisotopic (exact) mass is 174 g/mol. The molecule has 1 unspecified atom stereocenters. The largest absolute Gasteiger partial charge is 0.355 e. The lowest BCUT2D eigenvalue weighted by Gasteiger charge is -2.33. The van der Waals surface area contributed by atoms with Crippen molar-refractivity contribution in [2.45, 2.75) is 18.7 Å². The number of rotatable bonds is 3. The number of ether oxygens (including phenoxy) is 4. The highest BCUT2D eigenvalue weighted by molar-refractivity contribution is 4.95. The van der Waals surface area contributed by atoms with Gasteiger partial charge in [0.2, 0.25) is 0 Å². The van der Waals surface area contributed by atoms with Gasteiger partial charge in [0.15, 0.2) is 6.29 Å². The predicted molar refractivity (Wildman–Crippen MR) is 42.4 cm³/mol. The third kappa shape index (κ3) is 1.84. The van der Waals surface area contributed by atoms with Gasteiger partial charge in [-0.2, -0.15) is 0 Å². The summed E-state index contributed by atoms with van der Waals surface area (Å²) in [7, 11) is 4.62. The first kappa shape index (κ1) is 9.67. The first-order valence-corrected chi connectivity index (χ1v) is 3.75. The molecule has 0 aromatic heterocycles. The van der Waals surface area contributed by atoms with E-state index >= 15 is 0 Å². The van der Waals surface area contributed by atoms with E-state index in [9.17, 15) is 0 Å². The smallest absolute Gasteiger partial charge is 0.306 e. The van der Waals surface area contributed by atoms with Crippen molar-refractivity contribution in [1.29, 1.82) is 0 Å². The van der Waals surface area contributed by atoms with Crippen LogP contribution in [0, 0.1) is 0 Å². The molecule has 1 aliphatic heterocycles. The quantitative estimate of drug-likeness (QED) is 0.470. The Morgan fingerprint density at radius 2 is 2.00 bits per heavy atom. The molecule has 1 aliphatic rings. The summed E-state index contributed by atoms with van der Waals surface area (Å²) in [6.45, 7) is 0. The summed E-state index contributed by atoms with van der Waals surface area (Å²) in [4.78, 5) is 0. The average Bonchev–Trinajstić information content (AvgIpc) is 2.18. The van der Waals surface area contributed by atoms with E-state index in [1.807, 2.05) is 6.08 Å². The first-order chi connectivity index (χ1) is 5.76. The van der Waals surface area contributed by atoms with Crippen LogP contribution in [0.25, 0.3) is 0 Å². The minimum Gasteiger partial charge on any atom is -0.355 e. The molecule has 0 aliphatic carbocycles. The molecule has 0 spiro atoms. The van der Waals surface area contributed by atoms with Crippen LogP contribution in [0.3, 0.4) is 0 Å². The second kappa shape index (κ2) is 4.00. The summed E-state index contributed by atoms with van der Waals surface area (Å²) in [5.74, 6) is -1.07. The lowest BCUT2D eigenvalue weighted by Crippen LogP contribution is -2.41. The van der Waals surface area contributed by atoms with Crippen LogP contribution in [0.5, 0.6) is 0 Å². The van der Waals surface area contributed by atoms with Gasteiger partial charge in [-0.05, 0) is 0 Å². The molecule has 1 atom stereocenters. The highest BCUT2D eigenvalue weighted by Crippen LogP contribution is 2.24. The molecule has 0 aromatic carbocycles. The third-order valence-electron chi connectivity index (χ3n) is 1.78. The van der Waals surface area contributed by atoms with Crippen LogP contribution in [-0.4, -0.2) is 33.6 Å². The number of hydrogen-bond donors (Lipinski definition) is 0. The topological polar surface area (TPSA) is 36.9 Å².